The van der Waals surface area contributed by atoms with E-state index in [1.807, 2.05) is 0 Å². The number of alkyl carbamates (subject to hydrolysis) is 1. The molecule has 22 heavy (non-hydrogen) atoms. The van der Waals surface area contributed by atoms with E-state index < -0.39 is 23.7 Å². The Morgan fingerprint density at radius 1 is 1.27 bits per heavy atom. The van der Waals surface area contributed by atoms with E-state index in [2.05, 4.69) is 10.6 Å². The Morgan fingerprint density at radius 2 is 1.86 bits per heavy atom. The molecule has 0 aromatic rings. The van der Waals surface area contributed by atoms with Crippen molar-refractivity contribution in [1.29, 1.82) is 5.41 Å². The summed E-state index contributed by atoms with van der Waals surface area (Å²) in [5.74, 6) is -1.13. The molecule has 0 radical (unpaired) electrons. The van der Waals surface area contributed by atoms with Gasteiger partial charge in [0.05, 0.1) is 6.10 Å². The van der Waals surface area contributed by atoms with Crippen LogP contribution in [0.15, 0.2) is 0 Å². The number of aliphatic carboxylic acids is 1. The molecule has 0 saturated heterocycles. The minimum Gasteiger partial charge on any atom is -0.480 e. The van der Waals surface area contributed by atoms with Gasteiger partial charge in [0.1, 0.15) is 11.6 Å². The third kappa shape index (κ3) is 10.8. The van der Waals surface area contributed by atoms with Gasteiger partial charge in [-0.05, 0) is 47.5 Å². The number of ether oxygens (including phenoxy) is 2. The summed E-state index contributed by atoms with van der Waals surface area (Å²) < 4.78 is 10.1. The molecule has 1 atom stereocenters. The SMILES string of the molecule is CC(C)OC(=N)NCCC[C@H](NC(=O)OC(C)(C)C)C(=O)O. The second kappa shape index (κ2) is 9.11. The summed E-state index contributed by atoms with van der Waals surface area (Å²) in [6.07, 6.45) is -0.183. The van der Waals surface area contributed by atoms with E-state index >= 15 is 0 Å². The molecule has 0 aliphatic heterocycles. The lowest BCUT2D eigenvalue weighted by Gasteiger charge is -2.22. The van der Waals surface area contributed by atoms with E-state index in [1.165, 1.54) is 0 Å². The highest BCUT2D eigenvalue weighted by atomic mass is 16.6. The lowest BCUT2D eigenvalue weighted by atomic mass is 10.1. The molecule has 0 bridgehead atoms. The van der Waals surface area contributed by atoms with Crippen LogP contribution in [0.1, 0.15) is 47.5 Å². The van der Waals surface area contributed by atoms with E-state index in [0.29, 0.717) is 13.0 Å². The predicted octanol–water partition coefficient (Wildman–Crippen LogP) is 1.69. The highest BCUT2D eigenvalue weighted by Crippen LogP contribution is 2.07. The maximum Gasteiger partial charge on any atom is 0.408 e. The number of hydrogen-bond acceptors (Lipinski definition) is 5. The average Bonchev–Trinajstić information content (AvgIpc) is 2.29. The van der Waals surface area contributed by atoms with Crippen LogP contribution in [0.2, 0.25) is 0 Å². The maximum atomic E-state index is 11.6. The van der Waals surface area contributed by atoms with Crippen LogP contribution in [0.25, 0.3) is 0 Å². The zero-order valence-electron chi connectivity index (χ0n) is 13.9. The zero-order chi connectivity index (χ0) is 17.3. The van der Waals surface area contributed by atoms with Crippen LogP contribution in [0.3, 0.4) is 0 Å². The number of carboxylic acid groups (broad SMARTS) is 1. The van der Waals surface area contributed by atoms with Gasteiger partial charge in [-0.25, -0.2) is 9.59 Å². The van der Waals surface area contributed by atoms with E-state index in [0.717, 1.165) is 0 Å². The highest BCUT2D eigenvalue weighted by Gasteiger charge is 2.23. The smallest absolute Gasteiger partial charge is 0.408 e. The van der Waals surface area contributed by atoms with E-state index in [4.69, 9.17) is 20.0 Å². The summed E-state index contributed by atoms with van der Waals surface area (Å²) in [5.41, 5.74) is -0.683. The van der Waals surface area contributed by atoms with E-state index in [1.54, 1.807) is 34.6 Å². The Morgan fingerprint density at radius 3 is 2.32 bits per heavy atom. The van der Waals surface area contributed by atoms with Gasteiger partial charge < -0.3 is 25.2 Å². The molecule has 0 aliphatic carbocycles. The van der Waals surface area contributed by atoms with Gasteiger partial charge in [-0.15, -0.1) is 0 Å². The minimum absolute atomic E-state index is 0.0537. The van der Waals surface area contributed by atoms with Gasteiger partial charge in [0.15, 0.2) is 0 Å². The fourth-order valence-corrected chi connectivity index (χ4v) is 1.49. The summed E-state index contributed by atoms with van der Waals surface area (Å²) in [7, 11) is 0. The molecule has 4 N–H and O–H groups in total. The lowest BCUT2D eigenvalue weighted by molar-refractivity contribution is -0.139. The third-order valence-corrected chi connectivity index (χ3v) is 2.30. The first-order chi connectivity index (χ1) is 10.0. The molecule has 1 amide bonds. The second-order valence-corrected chi connectivity index (χ2v) is 6.10. The van der Waals surface area contributed by atoms with Crippen molar-refractivity contribution < 1.29 is 24.2 Å². The van der Waals surface area contributed by atoms with Gasteiger partial charge in [0.25, 0.3) is 6.02 Å². The number of rotatable bonds is 7. The zero-order valence-corrected chi connectivity index (χ0v) is 13.9. The van der Waals surface area contributed by atoms with Crippen LogP contribution in [0.5, 0.6) is 0 Å². The first-order valence-corrected chi connectivity index (χ1v) is 7.22. The number of amidine groups is 1. The molecule has 0 spiro atoms. The molecule has 0 fully saturated rings. The van der Waals surface area contributed by atoms with Crippen LogP contribution in [0, 0.1) is 5.41 Å². The summed E-state index contributed by atoms with van der Waals surface area (Å²) >= 11 is 0. The van der Waals surface area contributed by atoms with E-state index in [9.17, 15) is 9.59 Å². The van der Waals surface area contributed by atoms with Crippen molar-refractivity contribution in [3.63, 3.8) is 0 Å². The van der Waals surface area contributed by atoms with Gasteiger partial charge in [-0.2, -0.15) is 0 Å². The molecule has 0 rings (SSSR count). The molecule has 0 aliphatic rings. The van der Waals surface area contributed by atoms with E-state index in [-0.39, 0.29) is 18.5 Å². The van der Waals surface area contributed by atoms with Gasteiger partial charge in [-0.3, -0.25) is 5.41 Å². The first kappa shape index (κ1) is 20.0. The topological polar surface area (TPSA) is 121 Å². The van der Waals surface area contributed by atoms with Gasteiger partial charge in [0.2, 0.25) is 0 Å². The standard InChI is InChI=1S/C14H27N3O5/c1-9(2)21-12(15)16-8-6-7-10(11(18)19)17-13(20)22-14(3,4)5/h9-10H,6-8H2,1-5H3,(H2,15,16)(H,17,20)(H,18,19)/t10-/m0/s1. The van der Waals surface area contributed by atoms with Crippen molar-refractivity contribution in [3.05, 3.63) is 0 Å². The summed E-state index contributed by atoms with van der Waals surface area (Å²) in [6, 6.07) is -1.08. The normalized spacial score (nSPS) is 12.5. The number of hydrogen-bond donors (Lipinski definition) is 4. The molecular weight excluding hydrogens is 290 g/mol. The predicted molar refractivity (Wildman–Crippen MR) is 82.0 cm³/mol. The Bertz CT molecular complexity index is 390. The fraction of sp³-hybridized carbons (Fsp3) is 0.786. The van der Waals surface area contributed by atoms with Crippen LogP contribution < -0.4 is 10.6 Å². The lowest BCUT2D eigenvalue weighted by Crippen LogP contribution is -2.43. The van der Waals surface area contributed by atoms with Crippen molar-refractivity contribution in [1.82, 2.24) is 10.6 Å². The summed E-state index contributed by atoms with van der Waals surface area (Å²) in [5, 5.41) is 21.6. The number of carbonyl (C=O) groups is 2. The number of amides is 1. The van der Waals surface area contributed by atoms with Crippen LogP contribution in [0.4, 0.5) is 4.79 Å². The molecular formula is C14H27N3O5. The van der Waals surface area contributed by atoms with Crippen LogP contribution in [-0.2, 0) is 14.3 Å². The molecule has 0 aromatic carbocycles. The van der Waals surface area contributed by atoms with Crippen molar-refractivity contribution >= 4 is 18.1 Å². The molecule has 8 heteroatoms. The molecule has 0 aromatic heterocycles. The molecule has 0 heterocycles. The molecule has 0 unspecified atom stereocenters. The summed E-state index contributed by atoms with van der Waals surface area (Å²) in [4.78, 5) is 22.7. The third-order valence-electron chi connectivity index (χ3n) is 2.30. The number of nitrogens with one attached hydrogen (secondary N) is 3. The fourth-order valence-electron chi connectivity index (χ4n) is 1.49. The Labute approximate surface area is 131 Å². The van der Waals surface area contributed by atoms with Gasteiger partial charge >= 0.3 is 12.1 Å². The van der Waals surface area contributed by atoms with Crippen molar-refractivity contribution in [2.45, 2.75) is 65.2 Å². The minimum atomic E-state index is -1.13. The highest BCUT2D eigenvalue weighted by molar-refractivity contribution is 5.80. The van der Waals surface area contributed by atoms with Crippen molar-refractivity contribution in [3.8, 4) is 0 Å². The Hall–Kier alpha value is -1.99. The van der Waals surface area contributed by atoms with Gasteiger partial charge in [0, 0.05) is 6.54 Å². The first-order valence-electron chi connectivity index (χ1n) is 7.22. The van der Waals surface area contributed by atoms with Gasteiger partial charge in [-0.1, -0.05) is 0 Å². The second-order valence-electron chi connectivity index (χ2n) is 6.10. The van der Waals surface area contributed by atoms with Crippen molar-refractivity contribution in [2.75, 3.05) is 6.54 Å². The maximum absolute atomic E-state index is 11.6. The molecule has 8 nitrogen and oxygen atoms in total. The molecule has 128 valence electrons. The quantitative estimate of drug-likeness (QED) is 0.322. The number of carbonyl (C=O) groups excluding carboxylic acids is 1. The summed E-state index contributed by atoms with van der Waals surface area (Å²) in [6.45, 7) is 9.10. The molecule has 0 saturated carbocycles. The van der Waals surface area contributed by atoms with Crippen LogP contribution >= 0.6 is 0 Å². The van der Waals surface area contributed by atoms with Crippen LogP contribution in [-0.4, -0.2) is 47.5 Å². The Kier molecular flexibility index (Phi) is 8.29. The monoisotopic (exact) mass is 317 g/mol. The average molecular weight is 317 g/mol. The van der Waals surface area contributed by atoms with Crippen molar-refractivity contribution in [2.24, 2.45) is 0 Å². The number of carboxylic acids is 1. The Balaban J connectivity index is 4.13. The largest absolute Gasteiger partial charge is 0.480 e.